The number of hydrogen-bond donors (Lipinski definition) is 0. The fourth-order valence-corrected chi connectivity index (χ4v) is 6.50. The molecule has 132 valence electrons. The molecule has 0 bridgehead atoms. The molecule has 1 aromatic heterocycles. The van der Waals surface area contributed by atoms with Gasteiger partial charge < -0.3 is 0 Å². The molecule has 26 heavy (non-hydrogen) atoms. The average Bonchev–Trinajstić information content (AvgIpc) is 3.10. The van der Waals surface area contributed by atoms with Gasteiger partial charge >= 0.3 is 0 Å². The fraction of sp³-hybridized carbons (Fsp3) is 0.211. The van der Waals surface area contributed by atoms with Crippen molar-refractivity contribution in [2.45, 2.75) is 23.3 Å². The van der Waals surface area contributed by atoms with Crippen LogP contribution in [0.2, 0.25) is 0 Å². The van der Waals surface area contributed by atoms with Crippen LogP contribution < -0.4 is 4.31 Å². The minimum atomic E-state index is -3.66. The molecule has 0 N–H and O–H groups in total. The quantitative estimate of drug-likeness (QED) is 0.579. The number of sulfonamides is 1. The van der Waals surface area contributed by atoms with Gasteiger partial charge in [0, 0.05) is 27.4 Å². The first-order chi connectivity index (χ1) is 12.5. The van der Waals surface area contributed by atoms with Crippen LogP contribution in [0.3, 0.4) is 0 Å². The van der Waals surface area contributed by atoms with E-state index < -0.39 is 10.0 Å². The third kappa shape index (κ3) is 2.45. The highest BCUT2D eigenvalue weighted by Gasteiger charge is 2.54. The lowest BCUT2D eigenvalue weighted by atomic mass is 9.99. The Kier molecular flexibility index (Phi) is 3.58. The predicted molar refractivity (Wildman–Crippen MR) is 107 cm³/mol. The molecule has 5 rings (SSSR count). The summed E-state index contributed by atoms with van der Waals surface area (Å²) in [6, 6.07) is 15.6. The van der Waals surface area contributed by atoms with Crippen molar-refractivity contribution in [1.82, 2.24) is 4.98 Å². The molecular formula is C19H15BrN2O2S2. The minimum Gasteiger partial charge on any atom is -0.264 e. The number of rotatable bonds is 3. The SMILES string of the molecule is O=S(=O)(c1csc(-c2ccc(Br)cc2)n1)N1CC2(CC2)c2ccccc21. The second-order valence-electron chi connectivity index (χ2n) is 6.81. The molecule has 4 nitrogen and oxygen atoms in total. The summed E-state index contributed by atoms with van der Waals surface area (Å²) in [6.07, 6.45) is 2.11. The Morgan fingerprint density at radius 2 is 1.81 bits per heavy atom. The second-order valence-corrected chi connectivity index (χ2v) is 10.4. The molecule has 0 atom stereocenters. The van der Waals surface area contributed by atoms with Crippen LogP contribution in [0.15, 0.2) is 63.4 Å². The summed E-state index contributed by atoms with van der Waals surface area (Å²) in [5.41, 5.74) is 2.91. The van der Waals surface area contributed by atoms with Crippen molar-refractivity contribution in [3.05, 3.63) is 63.9 Å². The lowest BCUT2D eigenvalue weighted by Gasteiger charge is -2.18. The van der Waals surface area contributed by atoms with Crippen LogP contribution in [0, 0.1) is 0 Å². The molecule has 0 unspecified atom stereocenters. The zero-order valence-electron chi connectivity index (χ0n) is 13.7. The third-order valence-electron chi connectivity index (χ3n) is 5.17. The van der Waals surface area contributed by atoms with Crippen LogP contribution in [-0.4, -0.2) is 19.9 Å². The molecule has 7 heteroatoms. The molecule has 2 heterocycles. The molecule has 1 aliphatic carbocycles. The largest absolute Gasteiger partial charge is 0.282 e. The van der Waals surface area contributed by atoms with Crippen LogP contribution >= 0.6 is 27.3 Å². The number of benzene rings is 2. The second kappa shape index (κ2) is 5.65. The molecule has 1 aliphatic heterocycles. The Hall–Kier alpha value is -1.70. The maximum atomic E-state index is 13.3. The van der Waals surface area contributed by atoms with Crippen molar-refractivity contribution in [1.29, 1.82) is 0 Å². The van der Waals surface area contributed by atoms with E-state index in [1.165, 1.54) is 11.3 Å². The van der Waals surface area contributed by atoms with E-state index in [0.717, 1.165) is 34.1 Å². The Bertz CT molecular complexity index is 1100. The van der Waals surface area contributed by atoms with E-state index in [1.54, 1.807) is 9.69 Å². The molecule has 1 saturated carbocycles. The molecular weight excluding hydrogens is 432 g/mol. The van der Waals surface area contributed by atoms with Gasteiger partial charge in [-0.15, -0.1) is 11.3 Å². The van der Waals surface area contributed by atoms with Gasteiger partial charge in [-0.1, -0.05) is 46.3 Å². The highest BCUT2D eigenvalue weighted by atomic mass is 79.9. The lowest BCUT2D eigenvalue weighted by Crippen LogP contribution is -2.31. The number of fused-ring (bicyclic) bond motifs is 2. The highest BCUT2D eigenvalue weighted by molar-refractivity contribution is 9.10. The molecule has 3 aromatic rings. The van der Waals surface area contributed by atoms with Gasteiger partial charge in [-0.25, -0.2) is 4.98 Å². The Morgan fingerprint density at radius 1 is 1.08 bits per heavy atom. The van der Waals surface area contributed by atoms with Gasteiger partial charge in [0.15, 0.2) is 5.03 Å². The molecule has 2 aliphatic rings. The standard InChI is InChI=1S/C19H15BrN2O2S2/c20-14-7-5-13(6-8-14)18-21-17(11-25-18)26(23,24)22-12-19(9-10-19)15-3-1-2-4-16(15)22/h1-8,11H,9-10,12H2. The minimum absolute atomic E-state index is 0.0220. The van der Waals surface area contributed by atoms with Gasteiger partial charge in [-0.3, -0.25) is 4.31 Å². The monoisotopic (exact) mass is 446 g/mol. The first-order valence-corrected chi connectivity index (χ1v) is 11.4. The zero-order valence-corrected chi connectivity index (χ0v) is 16.9. The van der Waals surface area contributed by atoms with E-state index in [1.807, 2.05) is 42.5 Å². The third-order valence-corrected chi connectivity index (χ3v) is 8.39. The summed E-state index contributed by atoms with van der Waals surface area (Å²) in [4.78, 5) is 4.44. The van der Waals surface area contributed by atoms with E-state index in [9.17, 15) is 8.42 Å². The average molecular weight is 447 g/mol. The first kappa shape index (κ1) is 16.5. The van der Waals surface area contributed by atoms with Crippen molar-refractivity contribution in [2.24, 2.45) is 0 Å². The van der Waals surface area contributed by atoms with Crippen LogP contribution in [0.25, 0.3) is 10.6 Å². The Balaban J connectivity index is 1.54. The number of aromatic nitrogens is 1. The number of halogens is 1. The van der Waals surface area contributed by atoms with Crippen molar-refractivity contribution >= 4 is 43.0 Å². The molecule has 0 amide bonds. The normalized spacial score (nSPS) is 17.5. The summed E-state index contributed by atoms with van der Waals surface area (Å²) >= 11 is 4.77. The van der Waals surface area contributed by atoms with Crippen molar-refractivity contribution in [3.8, 4) is 10.6 Å². The Labute approximate surface area is 164 Å². The van der Waals surface area contributed by atoms with Crippen LogP contribution in [0.5, 0.6) is 0 Å². The van der Waals surface area contributed by atoms with Crippen LogP contribution in [-0.2, 0) is 15.4 Å². The van der Waals surface area contributed by atoms with Gasteiger partial charge in [0.05, 0.1) is 5.69 Å². The summed E-state index contributed by atoms with van der Waals surface area (Å²) in [6.45, 7) is 0.528. The molecule has 1 fully saturated rings. The smallest absolute Gasteiger partial charge is 0.264 e. The molecule has 1 spiro atoms. The summed E-state index contributed by atoms with van der Waals surface area (Å²) in [5.74, 6) is 0. The van der Waals surface area contributed by atoms with E-state index in [0.29, 0.717) is 11.6 Å². The fourth-order valence-electron chi connectivity index (χ4n) is 3.59. The summed E-state index contributed by atoms with van der Waals surface area (Å²) < 4.78 is 29.1. The lowest BCUT2D eigenvalue weighted by molar-refractivity contribution is 0.585. The topological polar surface area (TPSA) is 50.3 Å². The van der Waals surface area contributed by atoms with Gasteiger partial charge in [0.25, 0.3) is 10.0 Å². The van der Waals surface area contributed by atoms with Crippen molar-refractivity contribution < 1.29 is 8.42 Å². The van der Waals surface area contributed by atoms with E-state index in [2.05, 4.69) is 27.0 Å². The predicted octanol–water partition coefficient (Wildman–Crippen LogP) is 4.81. The van der Waals surface area contributed by atoms with E-state index in [4.69, 9.17) is 0 Å². The molecule has 0 radical (unpaired) electrons. The van der Waals surface area contributed by atoms with Crippen LogP contribution in [0.1, 0.15) is 18.4 Å². The van der Waals surface area contributed by atoms with Crippen molar-refractivity contribution in [3.63, 3.8) is 0 Å². The van der Waals surface area contributed by atoms with Gasteiger partial charge in [0.2, 0.25) is 0 Å². The van der Waals surface area contributed by atoms with Gasteiger partial charge in [-0.05, 0) is 36.6 Å². The summed E-state index contributed by atoms with van der Waals surface area (Å²) in [5, 5.41) is 2.49. The number of para-hydroxylation sites is 1. The maximum absolute atomic E-state index is 13.3. The van der Waals surface area contributed by atoms with Gasteiger partial charge in [0.1, 0.15) is 5.01 Å². The molecule has 2 aromatic carbocycles. The maximum Gasteiger partial charge on any atom is 0.282 e. The number of nitrogens with zero attached hydrogens (tertiary/aromatic N) is 2. The zero-order chi connectivity index (χ0) is 17.9. The summed E-state index contributed by atoms with van der Waals surface area (Å²) in [7, 11) is -3.66. The number of hydrogen-bond acceptors (Lipinski definition) is 4. The van der Waals surface area contributed by atoms with Gasteiger partial charge in [-0.2, -0.15) is 8.42 Å². The molecule has 0 saturated heterocycles. The Morgan fingerprint density at radius 3 is 2.54 bits per heavy atom. The van der Waals surface area contributed by atoms with E-state index in [-0.39, 0.29) is 10.4 Å². The first-order valence-electron chi connectivity index (χ1n) is 8.33. The van der Waals surface area contributed by atoms with E-state index >= 15 is 0 Å². The number of thiazole rings is 1. The van der Waals surface area contributed by atoms with Crippen molar-refractivity contribution in [2.75, 3.05) is 10.8 Å². The number of anilines is 1. The van der Waals surface area contributed by atoms with Crippen LogP contribution in [0.4, 0.5) is 5.69 Å². The highest BCUT2D eigenvalue weighted by Crippen LogP contribution is 2.57.